The van der Waals surface area contributed by atoms with Gasteiger partial charge < -0.3 is 10.2 Å². The standard InChI is InChI=1S/C16H24N2/c1-2-3-7-11-18-12-10-17-16(14-18)13-15-8-5-4-6-9-15/h2-6,8-9,16-17H,7,10-14H2,1H3/b3-2+. The van der Waals surface area contributed by atoms with E-state index in [-0.39, 0.29) is 0 Å². The minimum absolute atomic E-state index is 0.603. The van der Waals surface area contributed by atoms with E-state index in [1.54, 1.807) is 0 Å². The van der Waals surface area contributed by atoms with Crippen LogP contribution in [-0.4, -0.2) is 37.1 Å². The molecular formula is C16H24N2. The van der Waals surface area contributed by atoms with Gasteiger partial charge in [-0.3, -0.25) is 0 Å². The van der Waals surface area contributed by atoms with E-state index in [0.717, 1.165) is 13.0 Å². The van der Waals surface area contributed by atoms with Gasteiger partial charge in [-0.25, -0.2) is 0 Å². The van der Waals surface area contributed by atoms with Crippen LogP contribution in [0, 0.1) is 0 Å². The first-order valence-corrected chi connectivity index (χ1v) is 6.99. The maximum atomic E-state index is 3.63. The van der Waals surface area contributed by atoms with Crippen LogP contribution in [0.3, 0.4) is 0 Å². The predicted octanol–water partition coefficient (Wildman–Crippen LogP) is 2.47. The minimum Gasteiger partial charge on any atom is -0.311 e. The Kier molecular flexibility index (Phi) is 5.43. The van der Waals surface area contributed by atoms with E-state index in [1.807, 2.05) is 0 Å². The van der Waals surface area contributed by atoms with Crippen molar-refractivity contribution in [3.63, 3.8) is 0 Å². The van der Waals surface area contributed by atoms with Crippen LogP contribution in [-0.2, 0) is 6.42 Å². The summed E-state index contributed by atoms with van der Waals surface area (Å²) < 4.78 is 0. The molecule has 1 atom stereocenters. The van der Waals surface area contributed by atoms with Crippen LogP contribution >= 0.6 is 0 Å². The number of benzene rings is 1. The SMILES string of the molecule is C/C=C/CCN1CCNC(Cc2ccccc2)C1. The third kappa shape index (κ3) is 4.28. The van der Waals surface area contributed by atoms with Gasteiger partial charge in [0.25, 0.3) is 0 Å². The zero-order valence-corrected chi connectivity index (χ0v) is 11.3. The van der Waals surface area contributed by atoms with Crippen molar-refractivity contribution in [2.75, 3.05) is 26.2 Å². The van der Waals surface area contributed by atoms with Crippen molar-refractivity contribution in [1.29, 1.82) is 0 Å². The van der Waals surface area contributed by atoms with Crippen molar-refractivity contribution in [2.45, 2.75) is 25.8 Å². The number of nitrogens with zero attached hydrogens (tertiary/aromatic N) is 1. The van der Waals surface area contributed by atoms with Crippen LogP contribution in [0.2, 0.25) is 0 Å². The summed E-state index contributed by atoms with van der Waals surface area (Å²) >= 11 is 0. The van der Waals surface area contributed by atoms with Crippen LogP contribution in [0.4, 0.5) is 0 Å². The molecule has 2 heteroatoms. The number of rotatable bonds is 5. The molecule has 0 aliphatic carbocycles. The third-order valence-electron chi connectivity index (χ3n) is 3.51. The van der Waals surface area contributed by atoms with Gasteiger partial charge in [0.1, 0.15) is 0 Å². The first-order valence-electron chi connectivity index (χ1n) is 6.99. The molecule has 0 spiro atoms. The lowest BCUT2D eigenvalue weighted by Crippen LogP contribution is -2.51. The van der Waals surface area contributed by atoms with E-state index < -0.39 is 0 Å². The Balaban J connectivity index is 1.79. The van der Waals surface area contributed by atoms with Gasteiger partial charge in [-0.2, -0.15) is 0 Å². The Morgan fingerprint density at radius 2 is 2.17 bits per heavy atom. The molecule has 1 aromatic carbocycles. The van der Waals surface area contributed by atoms with Crippen molar-refractivity contribution in [1.82, 2.24) is 10.2 Å². The van der Waals surface area contributed by atoms with Gasteiger partial charge in [0.05, 0.1) is 0 Å². The van der Waals surface area contributed by atoms with E-state index in [2.05, 4.69) is 59.6 Å². The lowest BCUT2D eigenvalue weighted by Gasteiger charge is -2.33. The van der Waals surface area contributed by atoms with Gasteiger partial charge in [0.2, 0.25) is 0 Å². The van der Waals surface area contributed by atoms with Crippen molar-refractivity contribution in [3.8, 4) is 0 Å². The molecule has 1 unspecified atom stereocenters. The minimum atomic E-state index is 0.603. The number of piperazine rings is 1. The molecular weight excluding hydrogens is 220 g/mol. The van der Waals surface area contributed by atoms with Gasteiger partial charge in [0.15, 0.2) is 0 Å². The average Bonchev–Trinajstić information content (AvgIpc) is 2.41. The molecule has 1 heterocycles. The number of allylic oxidation sites excluding steroid dienone is 1. The summed E-state index contributed by atoms with van der Waals surface area (Å²) in [7, 11) is 0. The van der Waals surface area contributed by atoms with Gasteiger partial charge in [-0.15, -0.1) is 0 Å². The highest BCUT2D eigenvalue weighted by molar-refractivity contribution is 5.16. The first-order chi connectivity index (χ1) is 8.88. The lowest BCUT2D eigenvalue weighted by atomic mass is 10.0. The predicted molar refractivity (Wildman–Crippen MR) is 77.8 cm³/mol. The molecule has 1 aliphatic rings. The van der Waals surface area contributed by atoms with Gasteiger partial charge >= 0.3 is 0 Å². The molecule has 2 nitrogen and oxygen atoms in total. The van der Waals surface area contributed by atoms with Crippen molar-refractivity contribution >= 4 is 0 Å². The van der Waals surface area contributed by atoms with Crippen molar-refractivity contribution in [3.05, 3.63) is 48.0 Å². The molecule has 1 aromatic rings. The number of nitrogens with one attached hydrogen (secondary N) is 1. The molecule has 1 aliphatic heterocycles. The van der Waals surface area contributed by atoms with E-state index in [0.29, 0.717) is 6.04 Å². The number of hydrogen-bond acceptors (Lipinski definition) is 2. The van der Waals surface area contributed by atoms with Gasteiger partial charge in [-0.1, -0.05) is 42.5 Å². The molecule has 1 saturated heterocycles. The maximum Gasteiger partial charge on any atom is 0.0235 e. The molecule has 1 fully saturated rings. The Morgan fingerprint density at radius 3 is 2.94 bits per heavy atom. The molecule has 0 saturated carbocycles. The summed E-state index contributed by atoms with van der Waals surface area (Å²) in [6.07, 6.45) is 6.72. The fraction of sp³-hybridized carbons (Fsp3) is 0.500. The van der Waals surface area contributed by atoms with Gasteiger partial charge in [-0.05, 0) is 25.3 Å². The average molecular weight is 244 g/mol. The normalized spacial score (nSPS) is 21.5. The smallest absolute Gasteiger partial charge is 0.0235 e. The van der Waals surface area contributed by atoms with E-state index in [9.17, 15) is 0 Å². The molecule has 0 radical (unpaired) electrons. The second kappa shape index (κ2) is 7.34. The van der Waals surface area contributed by atoms with Crippen LogP contribution < -0.4 is 5.32 Å². The van der Waals surface area contributed by atoms with E-state index in [4.69, 9.17) is 0 Å². The van der Waals surface area contributed by atoms with Crippen molar-refractivity contribution < 1.29 is 0 Å². The largest absolute Gasteiger partial charge is 0.311 e. The first kappa shape index (κ1) is 13.3. The summed E-state index contributed by atoms with van der Waals surface area (Å²) in [4.78, 5) is 2.57. The molecule has 98 valence electrons. The summed E-state index contributed by atoms with van der Waals surface area (Å²) in [5, 5.41) is 3.63. The highest BCUT2D eigenvalue weighted by atomic mass is 15.2. The van der Waals surface area contributed by atoms with Crippen LogP contribution in [0.15, 0.2) is 42.5 Å². The summed E-state index contributed by atoms with van der Waals surface area (Å²) in [6, 6.07) is 11.4. The summed E-state index contributed by atoms with van der Waals surface area (Å²) in [5.74, 6) is 0. The van der Waals surface area contributed by atoms with E-state index in [1.165, 1.54) is 31.6 Å². The highest BCUT2D eigenvalue weighted by Crippen LogP contribution is 2.08. The molecule has 2 rings (SSSR count). The van der Waals surface area contributed by atoms with Crippen molar-refractivity contribution in [2.24, 2.45) is 0 Å². The van der Waals surface area contributed by atoms with Crippen LogP contribution in [0.25, 0.3) is 0 Å². The zero-order chi connectivity index (χ0) is 12.6. The zero-order valence-electron chi connectivity index (χ0n) is 11.3. The second-order valence-corrected chi connectivity index (χ2v) is 5.00. The Morgan fingerprint density at radius 1 is 1.33 bits per heavy atom. The van der Waals surface area contributed by atoms with Crippen LogP contribution in [0.5, 0.6) is 0 Å². The monoisotopic (exact) mass is 244 g/mol. The quantitative estimate of drug-likeness (QED) is 0.801. The molecule has 0 bridgehead atoms. The third-order valence-corrected chi connectivity index (χ3v) is 3.51. The van der Waals surface area contributed by atoms with Gasteiger partial charge in [0, 0.05) is 32.2 Å². The van der Waals surface area contributed by atoms with E-state index >= 15 is 0 Å². The fourth-order valence-corrected chi connectivity index (χ4v) is 2.56. The Hall–Kier alpha value is -1.12. The van der Waals surface area contributed by atoms with Crippen LogP contribution in [0.1, 0.15) is 18.9 Å². The highest BCUT2D eigenvalue weighted by Gasteiger charge is 2.18. The second-order valence-electron chi connectivity index (χ2n) is 5.00. The summed E-state index contributed by atoms with van der Waals surface area (Å²) in [6.45, 7) is 6.76. The molecule has 0 amide bonds. The molecule has 0 aromatic heterocycles. The molecule has 18 heavy (non-hydrogen) atoms. The summed E-state index contributed by atoms with van der Waals surface area (Å²) in [5.41, 5.74) is 1.44. The Bertz CT molecular complexity index is 359. The topological polar surface area (TPSA) is 15.3 Å². The maximum absolute atomic E-state index is 3.63. The number of hydrogen-bond donors (Lipinski definition) is 1. The Labute approximate surface area is 111 Å². The fourth-order valence-electron chi connectivity index (χ4n) is 2.56. The molecule has 1 N–H and O–H groups in total. The lowest BCUT2D eigenvalue weighted by molar-refractivity contribution is 0.202.